The molecule has 178 valence electrons. The Labute approximate surface area is 192 Å². The van der Waals surface area contributed by atoms with Gasteiger partial charge in [-0.25, -0.2) is 14.6 Å². The van der Waals surface area contributed by atoms with Crippen LogP contribution in [0.25, 0.3) is 11.1 Å². The molecule has 3 aromatic rings. The molecule has 0 saturated carbocycles. The molecule has 3 rings (SSSR count). The summed E-state index contributed by atoms with van der Waals surface area (Å²) in [6.45, 7) is 4.38. The number of benzene rings is 1. The third-order valence-corrected chi connectivity index (χ3v) is 4.65. The summed E-state index contributed by atoms with van der Waals surface area (Å²) in [5, 5.41) is 13.5. The standard InChI is InChI=1S/C21H21N5O8/c1-4-32-21(29)15-11(3)34-19-16(15)17(22)24-14(25-19)9-33-20(28)10(2)23-18(27)12-6-5-7-13(8-12)26(30)31/h5-8,10H,4,9H2,1-3H3,(H,23,27)(H2,22,24,25)/t10-/m0/s1. The van der Waals surface area contributed by atoms with Gasteiger partial charge in [-0.15, -0.1) is 0 Å². The Bertz CT molecular complexity index is 1290. The van der Waals surface area contributed by atoms with E-state index < -0.39 is 28.8 Å². The number of anilines is 1. The average molecular weight is 471 g/mol. The largest absolute Gasteiger partial charge is 0.462 e. The van der Waals surface area contributed by atoms with Gasteiger partial charge in [0, 0.05) is 17.7 Å². The Morgan fingerprint density at radius 3 is 2.68 bits per heavy atom. The van der Waals surface area contributed by atoms with Crippen molar-refractivity contribution in [2.75, 3.05) is 12.3 Å². The number of nitrogens with two attached hydrogens (primary N) is 1. The second kappa shape index (κ2) is 9.94. The molecule has 3 N–H and O–H groups in total. The first-order valence-corrected chi connectivity index (χ1v) is 10.1. The molecular weight excluding hydrogens is 450 g/mol. The van der Waals surface area contributed by atoms with Crippen LogP contribution in [-0.2, 0) is 20.9 Å². The number of non-ortho nitro benzene ring substituents is 1. The zero-order valence-corrected chi connectivity index (χ0v) is 18.5. The number of amides is 1. The first-order chi connectivity index (χ1) is 16.1. The van der Waals surface area contributed by atoms with Crippen LogP contribution >= 0.6 is 0 Å². The second-order valence-corrected chi connectivity index (χ2v) is 7.07. The van der Waals surface area contributed by atoms with Gasteiger partial charge >= 0.3 is 11.9 Å². The van der Waals surface area contributed by atoms with Crippen LogP contribution in [0.1, 0.15) is 46.1 Å². The molecule has 0 aliphatic carbocycles. The van der Waals surface area contributed by atoms with E-state index in [0.717, 1.165) is 6.07 Å². The van der Waals surface area contributed by atoms with Gasteiger partial charge in [-0.3, -0.25) is 14.9 Å². The Balaban J connectivity index is 1.67. The highest BCUT2D eigenvalue weighted by Gasteiger charge is 2.25. The lowest BCUT2D eigenvalue weighted by atomic mass is 10.2. The number of nitro groups is 1. The van der Waals surface area contributed by atoms with Crippen molar-refractivity contribution < 1.29 is 33.2 Å². The molecule has 13 nitrogen and oxygen atoms in total. The van der Waals surface area contributed by atoms with Gasteiger partial charge in [-0.1, -0.05) is 6.07 Å². The third-order valence-electron chi connectivity index (χ3n) is 4.65. The fourth-order valence-electron chi connectivity index (χ4n) is 3.06. The molecule has 1 amide bonds. The number of nitrogens with zero attached hydrogens (tertiary/aromatic N) is 3. The molecular formula is C21H21N5O8. The van der Waals surface area contributed by atoms with Crippen molar-refractivity contribution in [3.05, 3.63) is 57.1 Å². The van der Waals surface area contributed by atoms with Gasteiger partial charge in [0.05, 0.1) is 16.9 Å². The van der Waals surface area contributed by atoms with Crippen molar-refractivity contribution in [2.45, 2.75) is 33.4 Å². The number of esters is 2. The number of aromatic nitrogens is 2. The van der Waals surface area contributed by atoms with Gasteiger partial charge in [0.15, 0.2) is 12.4 Å². The van der Waals surface area contributed by atoms with Crippen molar-refractivity contribution >= 4 is 40.5 Å². The van der Waals surface area contributed by atoms with Gasteiger partial charge in [-0.2, -0.15) is 4.98 Å². The molecule has 0 saturated heterocycles. The van der Waals surface area contributed by atoms with Crippen molar-refractivity contribution in [2.24, 2.45) is 0 Å². The van der Waals surface area contributed by atoms with E-state index in [4.69, 9.17) is 19.6 Å². The molecule has 2 heterocycles. The summed E-state index contributed by atoms with van der Waals surface area (Å²) >= 11 is 0. The fourth-order valence-corrected chi connectivity index (χ4v) is 3.06. The van der Waals surface area contributed by atoms with Crippen LogP contribution in [0.15, 0.2) is 28.7 Å². The summed E-state index contributed by atoms with van der Waals surface area (Å²) < 4.78 is 15.6. The number of nitro benzene ring substituents is 1. The lowest BCUT2D eigenvalue weighted by molar-refractivity contribution is -0.384. The molecule has 34 heavy (non-hydrogen) atoms. The molecule has 0 fully saturated rings. The van der Waals surface area contributed by atoms with Gasteiger partial charge < -0.3 is 24.9 Å². The van der Waals surface area contributed by atoms with Crippen LogP contribution in [0.2, 0.25) is 0 Å². The maximum Gasteiger partial charge on any atom is 0.342 e. The maximum atomic E-state index is 12.3. The van der Waals surface area contributed by atoms with Crippen molar-refractivity contribution in [3.8, 4) is 0 Å². The van der Waals surface area contributed by atoms with Crippen molar-refractivity contribution in [1.82, 2.24) is 15.3 Å². The minimum Gasteiger partial charge on any atom is -0.462 e. The van der Waals surface area contributed by atoms with Crippen LogP contribution in [-0.4, -0.2) is 45.4 Å². The minimum absolute atomic E-state index is 0.0136. The summed E-state index contributed by atoms with van der Waals surface area (Å²) in [4.78, 5) is 55.2. The molecule has 1 aromatic carbocycles. The number of ether oxygens (including phenoxy) is 2. The van der Waals surface area contributed by atoms with Gasteiger partial charge in [0.25, 0.3) is 11.6 Å². The summed E-state index contributed by atoms with van der Waals surface area (Å²) in [6, 6.07) is 4.00. The molecule has 0 unspecified atom stereocenters. The number of aryl methyl sites for hydroxylation is 1. The molecule has 0 radical (unpaired) electrons. The van der Waals surface area contributed by atoms with E-state index in [2.05, 4.69) is 15.3 Å². The van der Waals surface area contributed by atoms with E-state index in [9.17, 15) is 24.5 Å². The van der Waals surface area contributed by atoms with Crippen molar-refractivity contribution in [3.63, 3.8) is 0 Å². The number of nitrogen functional groups attached to an aromatic ring is 1. The van der Waals surface area contributed by atoms with Gasteiger partial charge in [0.2, 0.25) is 5.71 Å². The van der Waals surface area contributed by atoms with E-state index in [-0.39, 0.29) is 58.5 Å². The number of carbonyl (C=O) groups excluding carboxylic acids is 3. The minimum atomic E-state index is -1.07. The second-order valence-electron chi connectivity index (χ2n) is 7.07. The smallest absolute Gasteiger partial charge is 0.342 e. The van der Waals surface area contributed by atoms with Crippen LogP contribution in [0.3, 0.4) is 0 Å². The maximum absolute atomic E-state index is 12.3. The third kappa shape index (κ3) is 5.09. The van der Waals surface area contributed by atoms with Crippen LogP contribution in [0.4, 0.5) is 11.5 Å². The molecule has 2 aromatic heterocycles. The number of carbonyl (C=O) groups is 3. The quantitative estimate of drug-likeness (QED) is 0.278. The number of rotatable bonds is 8. The van der Waals surface area contributed by atoms with E-state index >= 15 is 0 Å². The Morgan fingerprint density at radius 1 is 1.26 bits per heavy atom. The predicted octanol–water partition coefficient (Wildman–Crippen LogP) is 2.06. The lowest BCUT2D eigenvalue weighted by Crippen LogP contribution is -2.39. The molecule has 1 atom stereocenters. The molecule has 0 bridgehead atoms. The predicted molar refractivity (Wildman–Crippen MR) is 117 cm³/mol. The highest BCUT2D eigenvalue weighted by Crippen LogP contribution is 2.29. The highest BCUT2D eigenvalue weighted by atomic mass is 16.6. The van der Waals surface area contributed by atoms with Crippen molar-refractivity contribution in [1.29, 1.82) is 0 Å². The normalized spacial score (nSPS) is 11.6. The molecule has 13 heteroatoms. The van der Waals surface area contributed by atoms with E-state index in [1.807, 2.05) is 0 Å². The average Bonchev–Trinajstić information content (AvgIpc) is 3.13. The van der Waals surface area contributed by atoms with Gasteiger partial charge in [-0.05, 0) is 26.8 Å². The summed E-state index contributed by atoms with van der Waals surface area (Å²) in [5.41, 5.74) is 5.88. The first kappa shape index (κ1) is 24.1. The number of fused-ring (bicyclic) bond motifs is 1. The zero-order chi connectivity index (χ0) is 25.0. The van der Waals surface area contributed by atoms with Crippen LogP contribution in [0.5, 0.6) is 0 Å². The van der Waals surface area contributed by atoms with E-state index in [1.54, 1.807) is 13.8 Å². The number of hydrogen-bond acceptors (Lipinski definition) is 11. The number of hydrogen-bond donors (Lipinski definition) is 2. The Morgan fingerprint density at radius 2 is 2.00 bits per heavy atom. The number of furan rings is 1. The topological polar surface area (TPSA) is 190 Å². The fraction of sp³-hybridized carbons (Fsp3) is 0.286. The molecule has 0 spiro atoms. The molecule has 0 aliphatic rings. The molecule has 0 aliphatic heterocycles. The summed E-state index contributed by atoms with van der Waals surface area (Å²) in [5.74, 6) is -1.90. The first-order valence-electron chi connectivity index (χ1n) is 10.1. The lowest BCUT2D eigenvalue weighted by Gasteiger charge is -2.13. The van der Waals surface area contributed by atoms with E-state index in [0.29, 0.717) is 0 Å². The zero-order valence-electron chi connectivity index (χ0n) is 18.5. The van der Waals surface area contributed by atoms with Gasteiger partial charge in [0.1, 0.15) is 23.2 Å². The highest BCUT2D eigenvalue weighted by molar-refractivity contribution is 6.07. The van der Waals surface area contributed by atoms with E-state index in [1.165, 1.54) is 25.1 Å². The van der Waals surface area contributed by atoms with Crippen LogP contribution < -0.4 is 11.1 Å². The SMILES string of the molecule is CCOC(=O)c1c(C)oc2nc(COC(=O)[C@H](C)NC(=O)c3cccc([N+](=O)[O-])c3)nc(N)c12. The Hall–Kier alpha value is -4.55. The van der Waals surface area contributed by atoms with Crippen LogP contribution in [0, 0.1) is 17.0 Å². The monoisotopic (exact) mass is 471 g/mol. The summed E-state index contributed by atoms with van der Waals surface area (Å²) in [7, 11) is 0. The number of nitrogens with one attached hydrogen (secondary N) is 1. The summed E-state index contributed by atoms with van der Waals surface area (Å²) in [6.07, 6.45) is 0. The Kier molecular flexibility index (Phi) is 7.04.